The number of aliphatic hydroxyl groups is 1. The Hall–Kier alpha value is -1.65. The van der Waals surface area contributed by atoms with Crippen LogP contribution >= 0.6 is 15.9 Å². The molecule has 2 aromatic rings. The molecule has 23 heavy (non-hydrogen) atoms. The van der Waals surface area contributed by atoms with E-state index in [-0.39, 0.29) is 5.75 Å². The normalized spacial score (nSPS) is 13.0. The number of allylic oxidation sites excluding steroid dienone is 2. The van der Waals surface area contributed by atoms with Gasteiger partial charge in [-0.1, -0.05) is 35.0 Å². The summed E-state index contributed by atoms with van der Waals surface area (Å²) in [6.45, 7) is 5.68. The second-order valence-corrected chi connectivity index (χ2v) is 6.26. The van der Waals surface area contributed by atoms with Gasteiger partial charge in [-0.15, -0.1) is 0 Å². The van der Waals surface area contributed by atoms with Crippen LogP contribution in [-0.2, 0) is 0 Å². The summed E-state index contributed by atoms with van der Waals surface area (Å²) in [7, 11) is 0. The fourth-order valence-corrected chi connectivity index (χ4v) is 2.86. The lowest BCUT2D eigenvalue weighted by atomic mass is 10.1. The van der Waals surface area contributed by atoms with E-state index in [1.54, 1.807) is 31.2 Å². The van der Waals surface area contributed by atoms with Crippen molar-refractivity contribution in [1.29, 1.82) is 0 Å². The standard InChI is InChI=1S/C19H20BrFO2/c1-4-5-12(2)14-6-9-19(18(21)10-14)23-15-7-8-17(20)16(11-15)13(3)22/h5-11,13,22H,4H2,1-3H3/b12-5+. The van der Waals surface area contributed by atoms with Crippen molar-refractivity contribution in [2.75, 3.05) is 0 Å². The summed E-state index contributed by atoms with van der Waals surface area (Å²) in [5.74, 6) is 0.237. The molecule has 122 valence electrons. The molecule has 1 atom stereocenters. The summed E-state index contributed by atoms with van der Waals surface area (Å²) in [6.07, 6.45) is 2.33. The van der Waals surface area contributed by atoms with E-state index in [0.717, 1.165) is 22.0 Å². The number of rotatable bonds is 5. The Bertz CT molecular complexity index is 723. The van der Waals surface area contributed by atoms with Crippen LogP contribution in [0.1, 0.15) is 44.4 Å². The molecule has 0 heterocycles. The van der Waals surface area contributed by atoms with Crippen LogP contribution in [0.25, 0.3) is 5.57 Å². The number of halogens is 2. The third-order valence-electron chi connectivity index (χ3n) is 3.54. The third-order valence-corrected chi connectivity index (χ3v) is 4.27. The summed E-state index contributed by atoms with van der Waals surface area (Å²) in [4.78, 5) is 0. The fourth-order valence-electron chi connectivity index (χ4n) is 2.29. The average molecular weight is 379 g/mol. The highest BCUT2D eigenvalue weighted by Crippen LogP contribution is 2.32. The van der Waals surface area contributed by atoms with Gasteiger partial charge in [-0.25, -0.2) is 4.39 Å². The van der Waals surface area contributed by atoms with E-state index >= 15 is 0 Å². The van der Waals surface area contributed by atoms with Crippen LogP contribution in [-0.4, -0.2) is 5.11 Å². The molecule has 0 aliphatic carbocycles. The van der Waals surface area contributed by atoms with Crippen molar-refractivity contribution < 1.29 is 14.2 Å². The highest BCUT2D eigenvalue weighted by molar-refractivity contribution is 9.10. The second kappa shape index (κ2) is 7.75. The van der Waals surface area contributed by atoms with Crippen molar-refractivity contribution in [1.82, 2.24) is 0 Å². The van der Waals surface area contributed by atoms with E-state index in [9.17, 15) is 9.50 Å². The fraction of sp³-hybridized carbons (Fsp3) is 0.263. The van der Waals surface area contributed by atoms with Gasteiger partial charge in [0.05, 0.1) is 6.10 Å². The molecule has 0 radical (unpaired) electrons. The zero-order valence-corrected chi connectivity index (χ0v) is 15.0. The Morgan fingerprint density at radius 2 is 2.04 bits per heavy atom. The van der Waals surface area contributed by atoms with Gasteiger partial charge < -0.3 is 9.84 Å². The Labute approximate surface area is 144 Å². The van der Waals surface area contributed by atoms with Crippen LogP contribution < -0.4 is 4.74 Å². The van der Waals surface area contributed by atoms with Gasteiger partial charge in [0.15, 0.2) is 11.6 Å². The molecular formula is C19H20BrFO2. The molecule has 0 aromatic heterocycles. The van der Waals surface area contributed by atoms with E-state index < -0.39 is 11.9 Å². The lowest BCUT2D eigenvalue weighted by Crippen LogP contribution is -1.95. The van der Waals surface area contributed by atoms with Crippen LogP contribution in [0.4, 0.5) is 4.39 Å². The van der Waals surface area contributed by atoms with E-state index in [4.69, 9.17) is 4.74 Å². The van der Waals surface area contributed by atoms with Gasteiger partial charge >= 0.3 is 0 Å². The lowest BCUT2D eigenvalue weighted by Gasteiger charge is -2.12. The van der Waals surface area contributed by atoms with Crippen molar-refractivity contribution in [3.63, 3.8) is 0 Å². The first-order chi connectivity index (χ1) is 10.9. The van der Waals surface area contributed by atoms with Crippen molar-refractivity contribution in [2.45, 2.75) is 33.3 Å². The Kier molecular flexibility index (Phi) is 5.97. The SMILES string of the molecule is CC/C=C(\C)c1ccc(Oc2ccc(Br)c(C(C)O)c2)c(F)c1. The number of aliphatic hydroxyl groups excluding tert-OH is 1. The first kappa shape index (κ1) is 17.7. The molecule has 2 aromatic carbocycles. The molecule has 2 nitrogen and oxygen atoms in total. The molecule has 4 heteroatoms. The first-order valence-corrected chi connectivity index (χ1v) is 8.33. The summed E-state index contributed by atoms with van der Waals surface area (Å²) >= 11 is 3.38. The van der Waals surface area contributed by atoms with Crippen molar-refractivity contribution in [2.24, 2.45) is 0 Å². The number of hydrogen-bond donors (Lipinski definition) is 1. The van der Waals surface area contributed by atoms with E-state index in [1.807, 2.05) is 19.9 Å². The lowest BCUT2D eigenvalue weighted by molar-refractivity contribution is 0.198. The molecule has 0 bridgehead atoms. The Morgan fingerprint density at radius 3 is 2.65 bits per heavy atom. The van der Waals surface area contributed by atoms with Gasteiger partial charge in [0.2, 0.25) is 0 Å². The molecule has 0 aliphatic heterocycles. The van der Waals surface area contributed by atoms with Gasteiger partial charge in [0.1, 0.15) is 5.75 Å². The molecule has 0 saturated carbocycles. The molecule has 0 amide bonds. The second-order valence-electron chi connectivity index (χ2n) is 5.40. The maximum absolute atomic E-state index is 14.3. The minimum absolute atomic E-state index is 0.164. The largest absolute Gasteiger partial charge is 0.454 e. The molecule has 0 aliphatic rings. The predicted molar refractivity (Wildman–Crippen MR) is 95.2 cm³/mol. The maximum Gasteiger partial charge on any atom is 0.166 e. The average Bonchev–Trinajstić information content (AvgIpc) is 2.51. The van der Waals surface area contributed by atoms with E-state index in [0.29, 0.717) is 11.3 Å². The van der Waals surface area contributed by atoms with Crippen molar-refractivity contribution >= 4 is 21.5 Å². The zero-order valence-electron chi connectivity index (χ0n) is 13.4. The van der Waals surface area contributed by atoms with Crippen LogP contribution in [0, 0.1) is 5.82 Å². The summed E-state index contributed by atoms with van der Waals surface area (Å²) in [5.41, 5.74) is 2.58. The zero-order chi connectivity index (χ0) is 17.0. The van der Waals surface area contributed by atoms with E-state index in [1.165, 1.54) is 6.07 Å². The molecule has 0 saturated heterocycles. The molecule has 2 rings (SSSR count). The van der Waals surface area contributed by atoms with Gasteiger partial charge in [-0.3, -0.25) is 0 Å². The van der Waals surface area contributed by atoms with Crippen LogP contribution in [0.2, 0.25) is 0 Å². The van der Waals surface area contributed by atoms with E-state index in [2.05, 4.69) is 22.0 Å². The molecule has 1 N–H and O–H groups in total. The van der Waals surface area contributed by atoms with Crippen molar-refractivity contribution in [3.8, 4) is 11.5 Å². The minimum atomic E-state index is -0.637. The Balaban J connectivity index is 2.27. The maximum atomic E-state index is 14.3. The smallest absolute Gasteiger partial charge is 0.166 e. The summed E-state index contributed by atoms with van der Waals surface area (Å²) in [5, 5.41) is 9.73. The highest BCUT2D eigenvalue weighted by Gasteiger charge is 2.11. The number of ether oxygens (including phenoxy) is 1. The number of benzene rings is 2. The molecule has 1 unspecified atom stereocenters. The Morgan fingerprint density at radius 1 is 1.30 bits per heavy atom. The van der Waals surface area contributed by atoms with Gasteiger partial charge in [-0.05, 0) is 67.3 Å². The molecular weight excluding hydrogens is 359 g/mol. The van der Waals surface area contributed by atoms with Gasteiger partial charge in [0.25, 0.3) is 0 Å². The summed E-state index contributed by atoms with van der Waals surface area (Å²) < 4.78 is 20.7. The monoisotopic (exact) mass is 378 g/mol. The molecule has 0 spiro atoms. The van der Waals surface area contributed by atoms with Gasteiger partial charge in [0, 0.05) is 4.47 Å². The highest BCUT2D eigenvalue weighted by atomic mass is 79.9. The van der Waals surface area contributed by atoms with Crippen LogP contribution in [0.3, 0.4) is 0 Å². The topological polar surface area (TPSA) is 29.5 Å². The van der Waals surface area contributed by atoms with Crippen LogP contribution in [0.15, 0.2) is 46.9 Å². The number of hydrogen-bond acceptors (Lipinski definition) is 2. The first-order valence-electron chi connectivity index (χ1n) is 7.54. The quantitative estimate of drug-likeness (QED) is 0.666. The van der Waals surface area contributed by atoms with Crippen molar-refractivity contribution in [3.05, 3.63) is 63.9 Å². The predicted octanol–water partition coefficient (Wildman–Crippen LogP) is 6.25. The van der Waals surface area contributed by atoms with Gasteiger partial charge in [-0.2, -0.15) is 0 Å². The third kappa shape index (κ3) is 4.43. The van der Waals surface area contributed by atoms with Crippen LogP contribution in [0.5, 0.6) is 11.5 Å². The minimum Gasteiger partial charge on any atom is -0.454 e. The summed E-state index contributed by atoms with van der Waals surface area (Å²) in [6, 6.07) is 10.1. The molecule has 0 fully saturated rings.